The van der Waals surface area contributed by atoms with Crippen LogP contribution >= 0.6 is 0 Å². The van der Waals surface area contributed by atoms with Crippen LogP contribution < -0.4 is 5.73 Å². The zero-order valence-electron chi connectivity index (χ0n) is 11.7. The van der Waals surface area contributed by atoms with E-state index < -0.39 is 0 Å². The van der Waals surface area contributed by atoms with Gasteiger partial charge < -0.3 is 10.3 Å². The lowest BCUT2D eigenvalue weighted by Crippen LogP contribution is -2.18. The molecular formula is C17H19N3. The van der Waals surface area contributed by atoms with Crippen molar-refractivity contribution in [1.29, 1.82) is 0 Å². The van der Waals surface area contributed by atoms with Crippen LogP contribution in [0, 0.1) is 0 Å². The van der Waals surface area contributed by atoms with Gasteiger partial charge in [-0.3, -0.25) is 0 Å². The van der Waals surface area contributed by atoms with Crippen LogP contribution in [0.5, 0.6) is 0 Å². The molecule has 0 fully saturated rings. The first-order valence-electron chi connectivity index (χ1n) is 7.05. The second-order valence-electron chi connectivity index (χ2n) is 4.90. The molecule has 1 aromatic heterocycles. The molecule has 1 unspecified atom stereocenters. The number of fused-ring (bicyclic) bond motifs is 1. The number of benzene rings is 2. The number of para-hydroxylation sites is 2. The van der Waals surface area contributed by atoms with E-state index in [-0.39, 0.29) is 5.92 Å². The summed E-state index contributed by atoms with van der Waals surface area (Å²) in [6.45, 7) is 3.61. The monoisotopic (exact) mass is 265 g/mol. The first kappa shape index (κ1) is 12.9. The van der Waals surface area contributed by atoms with E-state index in [1.54, 1.807) is 0 Å². The van der Waals surface area contributed by atoms with E-state index in [4.69, 9.17) is 10.7 Å². The molecule has 0 bridgehead atoms. The van der Waals surface area contributed by atoms with E-state index in [2.05, 4.69) is 54.0 Å². The summed E-state index contributed by atoms with van der Waals surface area (Å²) in [5.74, 6) is 1.20. The maximum absolute atomic E-state index is 6.03. The summed E-state index contributed by atoms with van der Waals surface area (Å²) >= 11 is 0. The first-order valence-corrected chi connectivity index (χ1v) is 7.05. The fourth-order valence-corrected chi connectivity index (χ4v) is 2.77. The lowest BCUT2D eigenvalue weighted by molar-refractivity contribution is 0.660. The van der Waals surface area contributed by atoms with Crippen LogP contribution in [0.2, 0.25) is 0 Å². The molecule has 20 heavy (non-hydrogen) atoms. The predicted octanol–water partition coefficient (Wildman–Crippen LogP) is 3.15. The number of nitrogens with two attached hydrogens (primary N) is 1. The zero-order chi connectivity index (χ0) is 13.9. The Morgan fingerprint density at radius 1 is 1.05 bits per heavy atom. The van der Waals surface area contributed by atoms with Gasteiger partial charge in [-0.2, -0.15) is 0 Å². The molecule has 102 valence electrons. The predicted molar refractivity (Wildman–Crippen MR) is 82.7 cm³/mol. The zero-order valence-corrected chi connectivity index (χ0v) is 11.7. The average Bonchev–Trinajstić information content (AvgIpc) is 2.87. The summed E-state index contributed by atoms with van der Waals surface area (Å²) in [6, 6.07) is 18.6. The van der Waals surface area contributed by atoms with Crippen molar-refractivity contribution in [2.75, 3.05) is 6.54 Å². The van der Waals surface area contributed by atoms with E-state index in [0.29, 0.717) is 6.54 Å². The maximum Gasteiger partial charge on any atom is 0.118 e. The number of imidazole rings is 1. The van der Waals surface area contributed by atoms with Crippen molar-refractivity contribution in [2.45, 2.75) is 19.4 Å². The molecule has 1 atom stereocenters. The quantitative estimate of drug-likeness (QED) is 0.787. The molecule has 3 aromatic rings. The molecule has 3 rings (SSSR count). The minimum atomic E-state index is 0.142. The average molecular weight is 265 g/mol. The van der Waals surface area contributed by atoms with Crippen molar-refractivity contribution in [2.24, 2.45) is 5.73 Å². The van der Waals surface area contributed by atoms with Crippen molar-refractivity contribution < 1.29 is 0 Å². The molecule has 3 heteroatoms. The fraction of sp³-hybridized carbons (Fsp3) is 0.235. The van der Waals surface area contributed by atoms with Crippen LogP contribution in [0.15, 0.2) is 54.6 Å². The summed E-state index contributed by atoms with van der Waals surface area (Å²) in [7, 11) is 0. The SMILES string of the molecule is CCn1c(C(CN)c2ccccc2)nc2ccccc21. The molecule has 0 saturated carbocycles. The van der Waals surface area contributed by atoms with Gasteiger partial charge in [0.15, 0.2) is 0 Å². The highest BCUT2D eigenvalue weighted by Gasteiger charge is 2.19. The van der Waals surface area contributed by atoms with Crippen LogP contribution in [0.25, 0.3) is 11.0 Å². The molecule has 0 spiro atoms. The number of rotatable bonds is 4. The Morgan fingerprint density at radius 2 is 1.75 bits per heavy atom. The Hall–Kier alpha value is -2.13. The van der Waals surface area contributed by atoms with Crippen molar-refractivity contribution in [1.82, 2.24) is 9.55 Å². The Balaban J connectivity index is 2.17. The Morgan fingerprint density at radius 3 is 2.45 bits per heavy atom. The normalized spacial score (nSPS) is 12.7. The van der Waals surface area contributed by atoms with Crippen molar-refractivity contribution in [3.63, 3.8) is 0 Å². The van der Waals surface area contributed by atoms with Gasteiger partial charge in [-0.25, -0.2) is 4.98 Å². The molecule has 0 aliphatic rings. The van der Waals surface area contributed by atoms with Crippen molar-refractivity contribution >= 4 is 11.0 Å². The van der Waals surface area contributed by atoms with Gasteiger partial charge in [-0.1, -0.05) is 42.5 Å². The van der Waals surface area contributed by atoms with Gasteiger partial charge >= 0.3 is 0 Å². The highest BCUT2D eigenvalue weighted by molar-refractivity contribution is 5.76. The van der Waals surface area contributed by atoms with E-state index in [1.807, 2.05) is 12.1 Å². The number of aryl methyl sites for hydroxylation is 1. The van der Waals surface area contributed by atoms with Gasteiger partial charge in [0.25, 0.3) is 0 Å². The third kappa shape index (κ3) is 2.10. The van der Waals surface area contributed by atoms with Crippen LogP contribution in [0.1, 0.15) is 24.2 Å². The molecule has 0 amide bonds. The molecule has 3 nitrogen and oxygen atoms in total. The summed E-state index contributed by atoms with van der Waals surface area (Å²) < 4.78 is 2.26. The smallest absolute Gasteiger partial charge is 0.118 e. The molecule has 2 N–H and O–H groups in total. The Kier molecular flexibility index (Phi) is 3.52. The van der Waals surface area contributed by atoms with E-state index in [0.717, 1.165) is 17.9 Å². The lowest BCUT2D eigenvalue weighted by atomic mass is 9.98. The third-order valence-electron chi connectivity index (χ3n) is 3.75. The molecule has 1 heterocycles. The molecule has 0 radical (unpaired) electrons. The van der Waals surface area contributed by atoms with Gasteiger partial charge in [0.1, 0.15) is 5.82 Å². The van der Waals surface area contributed by atoms with Crippen molar-refractivity contribution in [3.8, 4) is 0 Å². The topological polar surface area (TPSA) is 43.8 Å². The van der Waals surface area contributed by atoms with Gasteiger partial charge in [0, 0.05) is 13.1 Å². The number of hydrogen-bond donors (Lipinski definition) is 1. The standard InChI is InChI=1S/C17H19N3/c1-2-20-16-11-7-6-10-15(16)19-17(20)14(12-18)13-8-4-3-5-9-13/h3-11,14H,2,12,18H2,1H3. The van der Waals surface area contributed by atoms with E-state index >= 15 is 0 Å². The molecule has 2 aromatic carbocycles. The van der Waals surface area contributed by atoms with Gasteiger partial charge in [-0.05, 0) is 24.6 Å². The fourth-order valence-electron chi connectivity index (χ4n) is 2.77. The largest absolute Gasteiger partial charge is 0.329 e. The van der Waals surface area contributed by atoms with E-state index in [1.165, 1.54) is 11.1 Å². The second-order valence-corrected chi connectivity index (χ2v) is 4.90. The third-order valence-corrected chi connectivity index (χ3v) is 3.75. The van der Waals surface area contributed by atoms with Gasteiger partial charge in [0.2, 0.25) is 0 Å². The van der Waals surface area contributed by atoms with Crippen LogP contribution in [-0.2, 0) is 6.54 Å². The highest BCUT2D eigenvalue weighted by atomic mass is 15.1. The number of nitrogens with zero attached hydrogens (tertiary/aromatic N) is 2. The van der Waals surface area contributed by atoms with Crippen LogP contribution in [0.3, 0.4) is 0 Å². The molecule has 0 aliphatic heterocycles. The highest BCUT2D eigenvalue weighted by Crippen LogP contribution is 2.26. The van der Waals surface area contributed by atoms with Crippen molar-refractivity contribution in [3.05, 3.63) is 66.0 Å². The Labute approximate surface area is 119 Å². The first-order chi connectivity index (χ1) is 9.85. The second kappa shape index (κ2) is 5.47. The maximum atomic E-state index is 6.03. The molecule has 0 saturated heterocycles. The number of aromatic nitrogens is 2. The van der Waals surface area contributed by atoms with Crippen LogP contribution in [-0.4, -0.2) is 16.1 Å². The molecular weight excluding hydrogens is 246 g/mol. The Bertz CT molecular complexity index is 701. The summed E-state index contributed by atoms with van der Waals surface area (Å²) in [4.78, 5) is 4.81. The summed E-state index contributed by atoms with van der Waals surface area (Å²) in [6.07, 6.45) is 0. The van der Waals surface area contributed by atoms with Crippen LogP contribution in [0.4, 0.5) is 0 Å². The van der Waals surface area contributed by atoms with Gasteiger partial charge in [-0.15, -0.1) is 0 Å². The minimum Gasteiger partial charge on any atom is -0.329 e. The van der Waals surface area contributed by atoms with Gasteiger partial charge in [0.05, 0.1) is 17.0 Å². The number of hydrogen-bond acceptors (Lipinski definition) is 2. The summed E-state index contributed by atoms with van der Waals surface area (Å²) in [5.41, 5.74) is 9.47. The minimum absolute atomic E-state index is 0.142. The summed E-state index contributed by atoms with van der Waals surface area (Å²) in [5, 5.41) is 0. The van der Waals surface area contributed by atoms with E-state index in [9.17, 15) is 0 Å². The molecule has 0 aliphatic carbocycles. The lowest BCUT2D eigenvalue weighted by Gasteiger charge is -2.16.